The Morgan fingerprint density at radius 3 is 2.68 bits per heavy atom. The van der Waals surface area contributed by atoms with E-state index in [0.29, 0.717) is 46.8 Å². The van der Waals surface area contributed by atoms with Crippen molar-refractivity contribution in [2.24, 2.45) is 0 Å². The van der Waals surface area contributed by atoms with Crippen LogP contribution in [0.3, 0.4) is 0 Å². The summed E-state index contributed by atoms with van der Waals surface area (Å²) in [4.78, 5) is 41.0. The fraction of sp³-hybridized carbons (Fsp3) is 0.381. The molecule has 4 rings (SSSR count). The maximum atomic E-state index is 12.4. The number of benzene rings is 1. The molecular weight excluding hydrogens is 442 g/mol. The number of carbonyl (C=O) groups is 3. The Balaban J connectivity index is 1.44. The third kappa shape index (κ3) is 4.84. The highest BCUT2D eigenvalue weighted by atomic mass is 35.5. The Bertz CT molecular complexity index is 1000. The van der Waals surface area contributed by atoms with Crippen LogP contribution in [0.25, 0.3) is 0 Å². The number of rotatable bonds is 6. The minimum absolute atomic E-state index is 0.0747. The van der Waals surface area contributed by atoms with E-state index in [1.54, 1.807) is 18.2 Å². The van der Waals surface area contributed by atoms with Crippen molar-refractivity contribution in [3.63, 3.8) is 0 Å². The predicted octanol–water partition coefficient (Wildman–Crippen LogP) is 3.20. The zero-order valence-electron chi connectivity index (χ0n) is 16.9. The monoisotopic (exact) mass is 463 g/mol. The summed E-state index contributed by atoms with van der Waals surface area (Å²) < 4.78 is 11.3. The van der Waals surface area contributed by atoms with Crippen LogP contribution in [0.4, 0.5) is 16.2 Å². The van der Waals surface area contributed by atoms with Gasteiger partial charge in [0.05, 0.1) is 35.5 Å². The third-order valence-electron chi connectivity index (χ3n) is 5.18. The molecule has 1 aromatic carbocycles. The summed E-state index contributed by atoms with van der Waals surface area (Å²) in [6, 6.07) is 8.71. The minimum atomic E-state index is -0.507. The Labute approximate surface area is 188 Å². The first-order chi connectivity index (χ1) is 14.9. The van der Waals surface area contributed by atoms with Gasteiger partial charge in [-0.1, -0.05) is 11.6 Å². The van der Waals surface area contributed by atoms with Crippen molar-refractivity contribution in [3.05, 3.63) is 45.1 Å². The lowest BCUT2D eigenvalue weighted by Gasteiger charge is -2.30. The standard InChI is InChI=1S/C21H22ClN3O5S/c1-13(26)16-10-14(2-3-17(16)24-6-8-29-9-7-24)25-12-15(30-21(25)28)11-23-20(27)18-4-5-19(22)31-18/h2-5,10,15H,6-9,11-12H2,1H3,(H,23,27). The summed E-state index contributed by atoms with van der Waals surface area (Å²) in [6.07, 6.45) is -1.00. The molecule has 1 N–H and O–H groups in total. The van der Waals surface area contributed by atoms with Gasteiger partial charge in [0.2, 0.25) is 0 Å². The number of ketones is 1. The van der Waals surface area contributed by atoms with E-state index in [2.05, 4.69) is 10.2 Å². The van der Waals surface area contributed by atoms with Crippen LogP contribution in [0.15, 0.2) is 30.3 Å². The van der Waals surface area contributed by atoms with Crippen molar-refractivity contribution in [2.75, 3.05) is 49.2 Å². The van der Waals surface area contributed by atoms with Crippen molar-refractivity contribution >= 4 is 52.1 Å². The summed E-state index contributed by atoms with van der Waals surface area (Å²) in [5.74, 6) is -0.338. The average Bonchev–Trinajstić information content (AvgIpc) is 3.37. The van der Waals surface area contributed by atoms with Crippen LogP contribution >= 0.6 is 22.9 Å². The number of ether oxygens (including phenoxy) is 2. The average molecular weight is 464 g/mol. The SMILES string of the molecule is CC(=O)c1cc(N2CC(CNC(=O)c3ccc(Cl)s3)OC2=O)ccc1N1CCOCC1. The smallest absolute Gasteiger partial charge is 0.414 e. The molecule has 0 saturated carbocycles. The number of halogens is 1. The molecule has 1 unspecified atom stereocenters. The lowest BCUT2D eigenvalue weighted by Crippen LogP contribution is -2.37. The number of hydrogen-bond donors (Lipinski definition) is 1. The quantitative estimate of drug-likeness (QED) is 0.662. The molecule has 2 aromatic rings. The second-order valence-corrected chi connectivity index (χ2v) is 9.00. The predicted molar refractivity (Wildman–Crippen MR) is 119 cm³/mol. The van der Waals surface area contributed by atoms with Gasteiger partial charge in [0.1, 0.15) is 6.10 Å². The first-order valence-corrected chi connectivity index (χ1v) is 11.1. The first kappa shape index (κ1) is 21.6. The van der Waals surface area contributed by atoms with Gasteiger partial charge in [0.25, 0.3) is 5.91 Å². The topological polar surface area (TPSA) is 88.2 Å². The van der Waals surface area contributed by atoms with Gasteiger partial charge >= 0.3 is 6.09 Å². The molecule has 0 radical (unpaired) electrons. The van der Waals surface area contributed by atoms with Gasteiger partial charge in [0, 0.05) is 30.0 Å². The number of morpholine rings is 1. The molecule has 2 amide bonds. The zero-order chi connectivity index (χ0) is 22.0. The first-order valence-electron chi connectivity index (χ1n) is 9.92. The normalized spacial score (nSPS) is 18.8. The van der Waals surface area contributed by atoms with E-state index in [4.69, 9.17) is 21.1 Å². The highest BCUT2D eigenvalue weighted by Crippen LogP contribution is 2.30. The second-order valence-electron chi connectivity index (χ2n) is 7.29. The van der Waals surface area contributed by atoms with Crippen molar-refractivity contribution < 1.29 is 23.9 Å². The molecule has 2 aliphatic heterocycles. The summed E-state index contributed by atoms with van der Waals surface area (Å²) in [7, 11) is 0. The summed E-state index contributed by atoms with van der Waals surface area (Å²) in [5.41, 5.74) is 1.98. The van der Waals surface area contributed by atoms with Crippen molar-refractivity contribution in [1.29, 1.82) is 0 Å². The number of amides is 2. The van der Waals surface area contributed by atoms with E-state index < -0.39 is 12.2 Å². The summed E-state index contributed by atoms with van der Waals surface area (Å²) >= 11 is 7.05. The summed E-state index contributed by atoms with van der Waals surface area (Å²) in [5, 5.41) is 2.76. The van der Waals surface area contributed by atoms with Crippen molar-refractivity contribution in [2.45, 2.75) is 13.0 Å². The number of nitrogens with zero attached hydrogens (tertiary/aromatic N) is 2. The molecule has 2 fully saturated rings. The maximum Gasteiger partial charge on any atom is 0.414 e. The van der Waals surface area contributed by atoms with Gasteiger partial charge in [-0.2, -0.15) is 0 Å². The number of cyclic esters (lactones) is 1. The fourth-order valence-electron chi connectivity index (χ4n) is 3.62. The van der Waals surface area contributed by atoms with Gasteiger partial charge in [0.15, 0.2) is 5.78 Å². The Morgan fingerprint density at radius 2 is 2.00 bits per heavy atom. The lowest BCUT2D eigenvalue weighted by atomic mass is 10.1. The van der Waals surface area contributed by atoms with Crippen molar-refractivity contribution in [1.82, 2.24) is 5.32 Å². The summed E-state index contributed by atoms with van der Waals surface area (Å²) in [6.45, 7) is 4.62. The van der Waals surface area contributed by atoms with E-state index in [9.17, 15) is 14.4 Å². The Kier molecular flexibility index (Phi) is 6.45. The molecule has 1 aromatic heterocycles. The molecule has 1 atom stereocenters. The highest BCUT2D eigenvalue weighted by Gasteiger charge is 2.33. The Hall–Kier alpha value is -2.62. The van der Waals surface area contributed by atoms with E-state index in [1.807, 2.05) is 12.1 Å². The minimum Gasteiger partial charge on any atom is -0.442 e. The van der Waals surface area contributed by atoms with Gasteiger partial charge in [-0.15, -0.1) is 11.3 Å². The number of nitrogens with one attached hydrogen (secondary N) is 1. The molecule has 2 aliphatic rings. The molecule has 164 valence electrons. The zero-order valence-corrected chi connectivity index (χ0v) is 18.5. The van der Waals surface area contributed by atoms with Gasteiger partial charge < -0.3 is 19.7 Å². The molecule has 8 nitrogen and oxygen atoms in total. The van der Waals surface area contributed by atoms with Gasteiger partial charge in [-0.05, 0) is 37.3 Å². The van der Waals surface area contributed by atoms with Crippen LogP contribution in [-0.2, 0) is 9.47 Å². The van der Waals surface area contributed by atoms with Crippen LogP contribution < -0.4 is 15.1 Å². The number of hydrogen-bond acceptors (Lipinski definition) is 7. The number of thiophene rings is 1. The van der Waals surface area contributed by atoms with Crippen molar-refractivity contribution in [3.8, 4) is 0 Å². The Morgan fingerprint density at radius 1 is 1.23 bits per heavy atom. The van der Waals surface area contributed by atoms with Gasteiger partial charge in [-0.25, -0.2) is 4.79 Å². The van der Waals surface area contributed by atoms with Crippen LogP contribution in [0.5, 0.6) is 0 Å². The van der Waals surface area contributed by atoms with Gasteiger partial charge in [-0.3, -0.25) is 14.5 Å². The molecular formula is C21H22ClN3O5S. The molecule has 0 spiro atoms. The largest absolute Gasteiger partial charge is 0.442 e. The van der Waals surface area contributed by atoms with Crippen LogP contribution in [0, 0.1) is 0 Å². The van der Waals surface area contributed by atoms with E-state index in [1.165, 1.54) is 23.2 Å². The number of anilines is 2. The molecule has 10 heteroatoms. The second kappa shape index (κ2) is 9.25. The molecule has 0 aliphatic carbocycles. The van der Waals surface area contributed by atoms with Crippen LogP contribution in [0.1, 0.15) is 27.0 Å². The molecule has 31 heavy (non-hydrogen) atoms. The molecule has 0 bridgehead atoms. The van der Waals surface area contributed by atoms with E-state index >= 15 is 0 Å². The van der Waals surface area contributed by atoms with E-state index in [-0.39, 0.29) is 24.8 Å². The number of Topliss-reactive ketones (excluding diaryl/α,β-unsaturated/α-hetero) is 1. The van der Waals surface area contributed by atoms with Crippen LogP contribution in [-0.4, -0.2) is 63.3 Å². The maximum absolute atomic E-state index is 12.4. The fourth-order valence-corrected chi connectivity index (χ4v) is 4.58. The van der Waals surface area contributed by atoms with E-state index in [0.717, 1.165) is 5.69 Å². The lowest BCUT2D eigenvalue weighted by molar-refractivity contribution is 0.0919. The number of carbonyl (C=O) groups excluding carboxylic acids is 3. The third-order valence-corrected chi connectivity index (χ3v) is 6.41. The molecule has 2 saturated heterocycles. The molecule has 3 heterocycles. The highest BCUT2D eigenvalue weighted by molar-refractivity contribution is 7.18. The van der Waals surface area contributed by atoms with Crippen LogP contribution in [0.2, 0.25) is 4.34 Å².